The predicted molar refractivity (Wildman–Crippen MR) is 117 cm³/mol. The van der Waals surface area contributed by atoms with E-state index in [4.69, 9.17) is 5.73 Å². The summed E-state index contributed by atoms with van der Waals surface area (Å²) in [5.74, 6) is -2.00. The number of thioether (sulfide) groups is 1. The lowest BCUT2D eigenvalue weighted by atomic mass is 9.78. The van der Waals surface area contributed by atoms with Crippen LogP contribution in [0.3, 0.4) is 0 Å². The number of tetrazole rings is 1. The molecule has 2 fully saturated rings. The first-order valence-corrected chi connectivity index (χ1v) is 11.4. The summed E-state index contributed by atoms with van der Waals surface area (Å²) < 4.78 is 1.49. The molecule has 4 N–H and O–H groups in total. The van der Waals surface area contributed by atoms with Gasteiger partial charge in [0.1, 0.15) is 11.7 Å². The van der Waals surface area contributed by atoms with Crippen molar-refractivity contribution in [3.05, 3.63) is 41.1 Å². The normalized spacial score (nSPS) is 23.0. The maximum absolute atomic E-state index is 13.0. The second-order valence-corrected chi connectivity index (χ2v) is 9.10. The molecule has 34 heavy (non-hydrogen) atoms. The molecule has 0 bridgehead atoms. The molecule has 3 atom stereocenters. The van der Waals surface area contributed by atoms with Gasteiger partial charge in [-0.2, -0.15) is 0 Å². The number of aliphatic carboxylic acids is 1. The van der Waals surface area contributed by atoms with Crippen molar-refractivity contribution in [1.29, 1.82) is 0 Å². The summed E-state index contributed by atoms with van der Waals surface area (Å²) in [6.45, 7) is 0.295. The largest absolute Gasteiger partial charge is 0.477 e. The molecule has 0 spiro atoms. The van der Waals surface area contributed by atoms with Crippen LogP contribution in [0.4, 0.5) is 10.5 Å². The summed E-state index contributed by atoms with van der Waals surface area (Å²) in [6.07, 6.45) is 0.517. The Bertz CT molecular complexity index is 1240. The number of hydrogen-bond donors (Lipinski definition) is 3. The van der Waals surface area contributed by atoms with E-state index in [2.05, 4.69) is 20.8 Å². The van der Waals surface area contributed by atoms with Crippen LogP contribution in [0.5, 0.6) is 0 Å². The van der Waals surface area contributed by atoms with Gasteiger partial charge in [-0.25, -0.2) is 14.3 Å². The van der Waals surface area contributed by atoms with E-state index in [1.165, 1.54) is 38.4 Å². The number of carboxylic acid groups (broad SMARTS) is 1. The van der Waals surface area contributed by atoms with Crippen LogP contribution in [0.1, 0.15) is 16.8 Å². The van der Waals surface area contributed by atoms with Gasteiger partial charge in [0.2, 0.25) is 11.1 Å². The molecule has 3 aliphatic heterocycles. The number of benzene rings is 1. The molecule has 13 nitrogen and oxygen atoms in total. The molecule has 1 aromatic carbocycles. The van der Waals surface area contributed by atoms with Gasteiger partial charge in [0.25, 0.3) is 5.91 Å². The van der Waals surface area contributed by atoms with Gasteiger partial charge in [0, 0.05) is 36.5 Å². The number of anilines is 1. The molecule has 0 aliphatic carbocycles. The van der Waals surface area contributed by atoms with Crippen LogP contribution in [0.15, 0.2) is 40.7 Å². The van der Waals surface area contributed by atoms with Gasteiger partial charge in [-0.15, -0.1) is 5.10 Å². The molecule has 4 amide bonds. The number of aromatic nitrogens is 4. The zero-order chi connectivity index (χ0) is 24.1. The number of nitrogens with zero attached hydrogens (tertiary/aromatic N) is 6. The Morgan fingerprint density at radius 3 is 2.62 bits per heavy atom. The van der Waals surface area contributed by atoms with Crippen LogP contribution in [-0.2, 0) is 16.6 Å². The number of hydrogen-bond acceptors (Lipinski definition) is 8. The van der Waals surface area contributed by atoms with Gasteiger partial charge in [0.05, 0.1) is 6.04 Å². The standard InChI is InChI=1S/C20H20N8O5S/c1-26-20(23-24-25-26)34-8-12-11-6-7-27(15-13(11)28(17(15)30)14(12)18(31)32)19(33)22-10-4-2-9(3-5-10)16(21)29/h2-5,11,13,15H,6-8H2,1H3,(H2,21,29)(H,22,33)(H,31,32)/t11?,13-,15+/m1/s1. The molecule has 1 aromatic heterocycles. The number of likely N-dealkylation sites (tertiary alicyclic amines) is 1. The number of β-lactam (4-membered cyclic amide) rings is 1. The van der Waals surface area contributed by atoms with E-state index in [0.717, 1.165) is 0 Å². The first-order valence-electron chi connectivity index (χ1n) is 10.4. The van der Waals surface area contributed by atoms with Gasteiger partial charge in [-0.05, 0) is 46.7 Å². The summed E-state index contributed by atoms with van der Waals surface area (Å²) in [4.78, 5) is 52.0. The number of carbonyl (C=O) groups excluding carboxylic acids is 3. The Morgan fingerprint density at radius 2 is 2.00 bits per heavy atom. The zero-order valence-electron chi connectivity index (χ0n) is 17.9. The molecule has 2 aromatic rings. The minimum absolute atomic E-state index is 0.0109. The predicted octanol–water partition coefficient (Wildman–Crippen LogP) is -0.113. The lowest BCUT2D eigenvalue weighted by Crippen LogP contribution is -2.74. The van der Waals surface area contributed by atoms with Crippen LogP contribution in [0.2, 0.25) is 0 Å². The molecule has 3 aliphatic rings. The summed E-state index contributed by atoms with van der Waals surface area (Å²) in [5, 5.41) is 24.4. The van der Waals surface area contributed by atoms with Crippen molar-refractivity contribution in [2.24, 2.45) is 18.7 Å². The van der Waals surface area contributed by atoms with Crippen LogP contribution in [0, 0.1) is 5.92 Å². The third kappa shape index (κ3) is 3.37. The summed E-state index contributed by atoms with van der Waals surface area (Å²) >= 11 is 1.30. The number of nitrogens with one attached hydrogen (secondary N) is 1. The highest BCUT2D eigenvalue weighted by Gasteiger charge is 2.64. The fourth-order valence-corrected chi connectivity index (χ4v) is 5.77. The number of primary amides is 1. The van der Waals surface area contributed by atoms with E-state index < -0.39 is 35.9 Å². The van der Waals surface area contributed by atoms with Crippen molar-refractivity contribution in [3.63, 3.8) is 0 Å². The highest BCUT2D eigenvalue weighted by Crippen LogP contribution is 2.50. The molecule has 2 saturated heterocycles. The number of rotatable bonds is 6. The third-order valence-electron chi connectivity index (χ3n) is 6.36. The molecule has 0 saturated carbocycles. The maximum Gasteiger partial charge on any atom is 0.352 e. The SMILES string of the molecule is Cn1nnnc1SCC1=C(C(=O)O)N2C(=O)[C@@H]3[C@H]2C1CCN3C(=O)Nc1ccc(C(N)=O)cc1. The average Bonchev–Trinajstić information content (AvgIpc) is 3.36. The molecule has 176 valence electrons. The van der Waals surface area contributed by atoms with Crippen LogP contribution >= 0.6 is 11.8 Å². The van der Waals surface area contributed by atoms with Crippen LogP contribution in [-0.4, -0.2) is 83.3 Å². The zero-order valence-corrected chi connectivity index (χ0v) is 18.7. The molecule has 0 radical (unpaired) electrons. The monoisotopic (exact) mass is 484 g/mol. The second-order valence-electron chi connectivity index (χ2n) is 8.16. The van der Waals surface area contributed by atoms with E-state index in [9.17, 15) is 24.3 Å². The van der Waals surface area contributed by atoms with Crippen molar-refractivity contribution in [1.82, 2.24) is 30.0 Å². The Balaban J connectivity index is 1.33. The fourth-order valence-electron chi connectivity index (χ4n) is 4.81. The van der Waals surface area contributed by atoms with Crippen molar-refractivity contribution in [3.8, 4) is 0 Å². The number of urea groups is 1. The number of nitrogens with two attached hydrogens (primary N) is 1. The number of carbonyl (C=O) groups is 4. The Labute approximate surface area is 196 Å². The quantitative estimate of drug-likeness (QED) is 0.373. The van der Waals surface area contributed by atoms with E-state index in [0.29, 0.717) is 40.7 Å². The molecular weight excluding hydrogens is 464 g/mol. The smallest absolute Gasteiger partial charge is 0.352 e. The minimum atomic E-state index is -1.17. The Hall–Kier alpha value is -3.94. The van der Waals surface area contributed by atoms with Gasteiger partial charge >= 0.3 is 12.0 Å². The van der Waals surface area contributed by atoms with Gasteiger partial charge in [0.15, 0.2) is 0 Å². The first-order chi connectivity index (χ1) is 16.3. The first kappa shape index (κ1) is 21.9. The number of amides is 4. The Morgan fingerprint density at radius 1 is 1.26 bits per heavy atom. The summed E-state index contributed by atoms with van der Waals surface area (Å²) in [6, 6.07) is 4.48. The van der Waals surface area contributed by atoms with Gasteiger partial charge in [-0.1, -0.05) is 11.8 Å². The third-order valence-corrected chi connectivity index (χ3v) is 7.42. The average molecular weight is 484 g/mol. The van der Waals surface area contributed by atoms with Crippen molar-refractivity contribution in [2.45, 2.75) is 23.7 Å². The number of piperidine rings is 1. The minimum Gasteiger partial charge on any atom is -0.477 e. The second kappa shape index (κ2) is 8.13. The van der Waals surface area contributed by atoms with Crippen molar-refractivity contribution in [2.75, 3.05) is 17.6 Å². The van der Waals surface area contributed by atoms with E-state index >= 15 is 0 Å². The molecular formula is C20H20N8O5S. The molecule has 4 heterocycles. The maximum atomic E-state index is 13.0. The van der Waals surface area contributed by atoms with E-state index in [1.54, 1.807) is 19.2 Å². The fraction of sp³-hybridized carbons (Fsp3) is 0.350. The summed E-state index contributed by atoms with van der Waals surface area (Å²) in [7, 11) is 1.69. The number of carboxylic acids is 1. The van der Waals surface area contributed by atoms with Crippen molar-refractivity contribution < 1.29 is 24.3 Å². The molecule has 5 rings (SSSR count). The van der Waals surface area contributed by atoms with Gasteiger partial charge in [-0.3, -0.25) is 14.5 Å². The lowest BCUT2D eigenvalue weighted by molar-refractivity contribution is -0.160. The van der Waals surface area contributed by atoms with Crippen molar-refractivity contribution >= 4 is 41.3 Å². The highest BCUT2D eigenvalue weighted by atomic mass is 32.2. The topological polar surface area (TPSA) is 177 Å². The molecule has 1 unspecified atom stereocenters. The summed E-state index contributed by atoms with van der Waals surface area (Å²) in [5.41, 5.74) is 6.64. The molecule has 14 heteroatoms. The van der Waals surface area contributed by atoms with E-state index in [-0.39, 0.29) is 11.6 Å². The van der Waals surface area contributed by atoms with Gasteiger partial charge < -0.3 is 21.1 Å². The number of aryl methyl sites for hydroxylation is 1. The lowest BCUT2D eigenvalue weighted by Gasteiger charge is -2.53. The Kier molecular flexibility index (Phi) is 5.23. The highest BCUT2D eigenvalue weighted by molar-refractivity contribution is 7.99. The van der Waals surface area contributed by atoms with Crippen LogP contribution in [0.25, 0.3) is 0 Å². The van der Waals surface area contributed by atoms with E-state index in [1.807, 2.05) is 0 Å². The van der Waals surface area contributed by atoms with Crippen LogP contribution < -0.4 is 11.1 Å².